The van der Waals surface area contributed by atoms with Crippen molar-refractivity contribution in [3.8, 4) is 0 Å². The fraction of sp³-hybridized carbons (Fsp3) is 0.786. The predicted octanol–water partition coefficient (Wildman–Crippen LogP) is 2.71. The predicted molar refractivity (Wildman–Crippen MR) is 64.0 cm³/mol. The molecule has 2 nitrogen and oxygen atoms in total. The van der Waals surface area contributed by atoms with E-state index < -0.39 is 5.60 Å². The molecule has 1 unspecified atom stereocenters. The number of hydrogen-bond acceptors (Lipinski definition) is 2. The van der Waals surface area contributed by atoms with Gasteiger partial charge in [-0.15, -0.1) is 0 Å². The van der Waals surface area contributed by atoms with E-state index in [1.54, 1.807) is 6.08 Å². The zero-order valence-electron chi connectivity index (χ0n) is 10.5. The molecule has 0 aromatic rings. The van der Waals surface area contributed by atoms with Crippen molar-refractivity contribution in [3.05, 3.63) is 11.6 Å². The van der Waals surface area contributed by atoms with E-state index >= 15 is 0 Å². The highest BCUT2D eigenvalue weighted by molar-refractivity contribution is 5.92. The van der Waals surface area contributed by atoms with Crippen molar-refractivity contribution in [3.63, 3.8) is 0 Å². The summed E-state index contributed by atoms with van der Waals surface area (Å²) in [6.45, 7) is 6.47. The normalized spacial score (nSPS) is 39.6. The SMILES string of the molecule is CC(C)[C@@H]1CC[C@@H](C)C2(O)CCC(=O)C=C12. The zero-order valence-corrected chi connectivity index (χ0v) is 10.5. The van der Waals surface area contributed by atoms with Crippen LogP contribution < -0.4 is 0 Å². The lowest BCUT2D eigenvalue weighted by atomic mass is 9.61. The number of hydrogen-bond donors (Lipinski definition) is 1. The molecular weight excluding hydrogens is 200 g/mol. The van der Waals surface area contributed by atoms with Gasteiger partial charge in [0.2, 0.25) is 0 Å². The quantitative estimate of drug-likeness (QED) is 0.740. The standard InChI is InChI=1S/C14H22O2/c1-9(2)12-5-4-10(3)14(16)7-6-11(15)8-13(12)14/h8-10,12,16H,4-7H2,1-3H3/t10-,12+,14?/m1/s1. The Morgan fingerprint density at radius 1 is 1.44 bits per heavy atom. The third-order valence-electron chi connectivity index (χ3n) is 4.50. The van der Waals surface area contributed by atoms with E-state index in [9.17, 15) is 9.90 Å². The summed E-state index contributed by atoms with van der Waals surface area (Å²) in [6, 6.07) is 0. The smallest absolute Gasteiger partial charge is 0.155 e. The summed E-state index contributed by atoms with van der Waals surface area (Å²) in [5, 5.41) is 10.8. The Kier molecular flexibility index (Phi) is 2.95. The molecule has 2 aliphatic rings. The van der Waals surface area contributed by atoms with Gasteiger partial charge in [-0.25, -0.2) is 0 Å². The molecule has 0 saturated heterocycles. The van der Waals surface area contributed by atoms with Gasteiger partial charge < -0.3 is 5.11 Å². The second-order valence-corrected chi connectivity index (χ2v) is 5.82. The number of ketones is 1. The van der Waals surface area contributed by atoms with Crippen molar-refractivity contribution >= 4 is 5.78 Å². The molecule has 1 saturated carbocycles. The molecule has 0 radical (unpaired) electrons. The Balaban J connectivity index is 2.40. The summed E-state index contributed by atoms with van der Waals surface area (Å²) in [5.74, 6) is 1.39. The minimum Gasteiger partial charge on any atom is -0.385 e. The molecule has 1 N–H and O–H groups in total. The highest BCUT2D eigenvalue weighted by Gasteiger charge is 2.46. The molecule has 2 heteroatoms. The van der Waals surface area contributed by atoms with Gasteiger partial charge in [0.25, 0.3) is 0 Å². The maximum absolute atomic E-state index is 11.5. The van der Waals surface area contributed by atoms with Crippen LogP contribution in [-0.4, -0.2) is 16.5 Å². The highest BCUT2D eigenvalue weighted by Crippen LogP contribution is 2.48. The largest absolute Gasteiger partial charge is 0.385 e. The fourth-order valence-corrected chi connectivity index (χ4v) is 3.30. The molecule has 2 rings (SSSR count). The van der Waals surface area contributed by atoms with Crippen LogP contribution in [0.5, 0.6) is 0 Å². The van der Waals surface area contributed by atoms with E-state index in [4.69, 9.17) is 0 Å². The number of fused-ring (bicyclic) bond motifs is 1. The average Bonchev–Trinajstić information content (AvgIpc) is 2.21. The Morgan fingerprint density at radius 3 is 2.75 bits per heavy atom. The van der Waals surface area contributed by atoms with Gasteiger partial charge in [-0.2, -0.15) is 0 Å². The Morgan fingerprint density at radius 2 is 2.12 bits per heavy atom. The summed E-state index contributed by atoms with van der Waals surface area (Å²) in [5.41, 5.74) is 0.332. The maximum Gasteiger partial charge on any atom is 0.155 e. The van der Waals surface area contributed by atoms with Crippen molar-refractivity contribution in [2.75, 3.05) is 0 Å². The number of carbonyl (C=O) groups excluding carboxylic acids is 1. The van der Waals surface area contributed by atoms with Crippen LogP contribution in [0.4, 0.5) is 0 Å². The molecule has 0 heterocycles. The van der Waals surface area contributed by atoms with Crippen LogP contribution in [-0.2, 0) is 4.79 Å². The van der Waals surface area contributed by atoms with Gasteiger partial charge in [-0.1, -0.05) is 20.8 Å². The topological polar surface area (TPSA) is 37.3 Å². The van der Waals surface area contributed by atoms with Crippen molar-refractivity contribution in [2.24, 2.45) is 17.8 Å². The van der Waals surface area contributed by atoms with Crippen LogP contribution >= 0.6 is 0 Å². The first-order valence-electron chi connectivity index (χ1n) is 6.42. The molecule has 0 aromatic heterocycles. The number of allylic oxidation sites excluding steroid dienone is 1. The van der Waals surface area contributed by atoms with Gasteiger partial charge in [-0.3, -0.25) is 4.79 Å². The van der Waals surface area contributed by atoms with Crippen LogP contribution in [0, 0.1) is 17.8 Å². The van der Waals surface area contributed by atoms with Crippen molar-refractivity contribution < 1.29 is 9.90 Å². The van der Waals surface area contributed by atoms with Gasteiger partial charge in [0, 0.05) is 6.42 Å². The summed E-state index contributed by atoms with van der Waals surface area (Å²) < 4.78 is 0. The minimum atomic E-state index is -0.693. The summed E-state index contributed by atoms with van der Waals surface area (Å²) in [7, 11) is 0. The molecule has 0 aliphatic heterocycles. The lowest BCUT2D eigenvalue weighted by Gasteiger charge is -2.47. The van der Waals surface area contributed by atoms with Crippen LogP contribution in [0.3, 0.4) is 0 Å². The molecule has 0 amide bonds. The van der Waals surface area contributed by atoms with E-state index in [1.807, 2.05) is 0 Å². The first kappa shape index (κ1) is 11.8. The third kappa shape index (κ3) is 1.73. The first-order valence-corrected chi connectivity index (χ1v) is 6.42. The van der Waals surface area contributed by atoms with Crippen LogP contribution in [0.15, 0.2) is 11.6 Å². The molecule has 2 aliphatic carbocycles. The van der Waals surface area contributed by atoms with E-state index in [1.165, 1.54) is 0 Å². The summed E-state index contributed by atoms with van der Waals surface area (Å²) >= 11 is 0. The molecular formula is C14H22O2. The van der Waals surface area contributed by atoms with Gasteiger partial charge in [0.15, 0.2) is 5.78 Å². The lowest BCUT2D eigenvalue weighted by molar-refractivity contribution is -0.118. The second kappa shape index (κ2) is 3.99. The minimum absolute atomic E-state index is 0.194. The lowest BCUT2D eigenvalue weighted by Crippen LogP contribution is -2.48. The van der Waals surface area contributed by atoms with Crippen LogP contribution in [0.2, 0.25) is 0 Å². The van der Waals surface area contributed by atoms with Crippen molar-refractivity contribution in [2.45, 2.75) is 52.1 Å². The summed E-state index contributed by atoms with van der Waals surface area (Å²) in [4.78, 5) is 11.5. The molecule has 90 valence electrons. The average molecular weight is 222 g/mol. The van der Waals surface area contributed by atoms with E-state index in [-0.39, 0.29) is 5.78 Å². The van der Waals surface area contributed by atoms with E-state index in [0.717, 1.165) is 18.4 Å². The summed E-state index contributed by atoms with van der Waals surface area (Å²) in [6.07, 6.45) is 5.06. The number of aliphatic hydroxyl groups is 1. The van der Waals surface area contributed by atoms with Gasteiger partial charge in [0.1, 0.15) is 0 Å². The number of carbonyl (C=O) groups is 1. The molecule has 1 fully saturated rings. The zero-order chi connectivity index (χ0) is 11.9. The van der Waals surface area contributed by atoms with Crippen molar-refractivity contribution in [1.29, 1.82) is 0 Å². The van der Waals surface area contributed by atoms with E-state index in [2.05, 4.69) is 20.8 Å². The monoisotopic (exact) mass is 222 g/mol. The molecule has 0 bridgehead atoms. The fourth-order valence-electron chi connectivity index (χ4n) is 3.30. The van der Waals surface area contributed by atoms with Crippen LogP contribution in [0.25, 0.3) is 0 Å². The van der Waals surface area contributed by atoms with Crippen molar-refractivity contribution in [1.82, 2.24) is 0 Å². The molecule has 16 heavy (non-hydrogen) atoms. The third-order valence-corrected chi connectivity index (χ3v) is 4.50. The van der Waals surface area contributed by atoms with Gasteiger partial charge in [-0.05, 0) is 48.7 Å². The molecule has 3 atom stereocenters. The highest BCUT2D eigenvalue weighted by atomic mass is 16.3. The van der Waals surface area contributed by atoms with Crippen LogP contribution in [0.1, 0.15) is 46.5 Å². The van der Waals surface area contributed by atoms with Gasteiger partial charge >= 0.3 is 0 Å². The first-order chi connectivity index (χ1) is 7.45. The Labute approximate surface area is 97.7 Å². The molecule has 0 spiro atoms. The maximum atomic E-state index is 11.5. The Bertz CT molecular complexity index is 330. The number of rotatable bonds is 1. The Hall–Kier alpha value is -0.630. The molecule has 0 aromatic carbocycles. The van der Waals surface area contributed by atoms with E-state index in [0.29, 0.717) is 30.6 Å². The van der Waals surface area contributed by atoms with Gasteiger partial charge in [0.05, 0.1) is 5.60 Å². The second-order valence-electron chi connectivity index (χ2n) is 5.82.